The van der Waals surface area contributed by atoms with Crippen LogP contribution in [0.3, 0.4) is 0 Å². The molecule has 1 rings (SSSR count). The van der Waals surface area contributed by atoms with Crippen molar-refractivity contribution in [1.82, 2.24) is 0 Å². The molecule has 0 spiro atoms. The molecule has 0 radical (unpaired) electrons. The highest BCUT2D eigenvalue weighted by molar-refractivity contribution is 8.18. The molecule has 13 heteroatoms. The minimum atomic E-state index is -2.23. The first-order chi connectivity index (χ1) is 28.7. The van der Waals surface area contributed by atoms with E-state index in [2.05, 4.69) is 95.4 Å². The fourth-order valence-electron chi connectivity index (χ4n) is 7.98. The Morgan fingerprint density at radius 1 is 0.794 bits per heavy atom. The van der Waals surface area contributed by atoms with Gasteiger partial charge in [0.1, 0.15) is 6.10 Å². The van der Waals surface area contributed by atoms with Crippen LogP contribution in [0.2, 0.25) is 36.3 Å². The number of hydrogen-bond acceptors (Lipinski definition) is 10. The number of carboxylic acids is 1. The lowest BCUT2D eigenvalue weighted by atomic mass is 9.81. The smallest absolute Gasteiger partial charge is 0.371 e. The van der Waals surface area contributed by atoms with E-state index in [1.165, 1.54) is 13.2 Å². The molecule has 9 nitrogen and oxygen atoms in total. The summed E-state index contributed by atoms with van der Waals surface area (Å²) in [6.45, 7) is 41.9. The van der Waals surface area contributed by atoms with E-state index in [0.717, 1.165) is 29.9 Å². The predicted molar refractivity (Wildman–Crippen MR) is 274 cm³/mol. The van der Waals surface area contributed by atoms with Gasteiger partial charge < -0.3 is 38.8 Å². The fraction of sp³-hybridized carbons (Fsp3) is 0.820. The van der Waals surface area contributed by atoms with Crippen LogP contribution in [0, 0.1) is 35.5 Å². The summed E-state index contributed by atoms with van der Waals surface area (Å²) in [5.41, 5.74) is 1.75. The summed E-state index contributed by atoms with van der Waals surface area (Å²) in [6.07, 6.45) is 8.43. The van der Waals surface area contributed by atoms with Gasteiger partial charge in [-0.3, -0.25) is 0 Å². The Kier molecular flexibility index (Phi) is 24.3. The average Bonchev–Trinajstić information content (AvgIpc) is 3.17. The molecule has 1 aliphatic heterocycles. The molecule has 4 N–H and O–H groups in total. The maximum absolute atomic E-state index is 12.3. The second-order valence-electron chi connectivity index (χ2n) is 22.1. The first-order valence-electron chi connectivity index (χ1n) is 23.4. The highest BCUT2D eigenvalue weighted by Crippen LogP contribution is 2.54. The minimum Gasteiger partial charge on any atom is -0.490 e. The molecule has 0 aromatic heterocycles. The standard InChI is InChI=1S/C50H94O9S2Si2/c1-32(2)46(59-63(20,21)49(13,14)15)37(7)42(58-62(18,19)48(10,11)12)31-50(60-26-23-27-61-50)39(9)44(52)38(8)45(53)40(56-16)25-22-24-33(3)28-35(5)43(51)36(6)29-34(4)30-41(57-17)47(54)55/h22,24-25,29-30,32,35-40,42-46,51-53H,23,26-28,31H2,1-21H3,(H,54,55)/b25-22+,33-24+,34-29+,41-30-/t35-,36+,37-,38-,39-,40-,42+,43-,44+,45+,46+/m0/s1. The molecule has 0 bridgehead atoms. The predicted octanol–water partition coefficient (Wildman–Crippen LogP) is 12.1. The molecular weight excluding hydrogens is 865 g/mol. The van der Waals surface area contributed by atoms with Gasteiger partial charge in [0.25, 0.3) is 0 Å². The first kappa shape index (κ1) is 60.1. The Balaban J connectivity index is 3.41. The van der Waals surface area contributed by atoms with Crippen LogP contribution in [0.4, 0.5) is 0 Å². The van der Waals surface area contributed by atoms with Gasteiger partial charge in [0.05, 0.1) is 41.7 Å². The number of aliphatic hydroxyl groups excluding tert-OH is 3. The number of thioether (sulfide) groups is 2. The van der Waals surface area contributed by atoms with E-state index in [4.69, 9.17) is 18.3 Å². The Morgan fingerprint density at radius 2 is 1.32 bits per heavy atom. The van der Waals surface area contributed by atoms with E-state index in [1.807, 2.05) is 75.5 Å². The molecule has 63 heavy (non-hydrogen) atoms. The van der Waals surface area contributed by atoms with Crippen molar-refractivity contribution in [2.24, 2.45) is 35.5 Å². The van der Waals surface area contributed by atoms with Crippen LogP contribution in [-0.4, -0.2) is 109 Å². The maximum Gasteiger partial charge on any atom is 0.371 e. The summed E-state index contributed by atoms with van der Waals surface area (Å²) in [5.74, 6) is 0.208. The van der Waals surface area contributed by atoms with Gasteiger partial charge in [0, 0.05) is 30.8 Å². The molecule has 11 atom stereocenters. The van der Waals surface area contributed by atoms with Crippen molar-refractivity contribution in [1.29, 1.82) is 0 Å². The Bertz CT molecular complexity index is 1520. The van der Waals surface area contributed by atoms with Crippen LogP contribution in [0.15, 0.2) is 47.3 Å². The molecule has 0 aromatic rings. The summed E-state index contributed by atoms with van der Waals surface area (Å²) in [4.78, 5) is 11.3. The zero-order chi connectivity index (χ0) is 49.1. The topological polar surface area (TPSA) is 135 Å². The summed E-state index contributed by atoms with van der Waals surface area (Å²) >= 11 is 3.92. The van der Waals surface area contributed by atoms with E-state index >= 15 is 0 Å². The van der Waals surface area contributed by atoms with Gasteiger partial charge in [-0.25, -0.2) is 4.79 Å². The van der Waals surface area contributed by atoms with Gasteiger partial charge in [-0.05, 0) is 98.8 Å². The van der Waals surface area contributed by atoms with Crippen molar-refractivity contribution in [2.75, 3.05) is 25.7 Å². The molecular formula is C50H94O9S2Si2. The normalized spacial score (nSPS) is 21.9. The number of carbonyl (C=O) groups is 1. The number of ether oxygens (including phenoxy) is 2. The van der Waals surface area contributed by atoms with E-state index in [9.17, 15) is 25.2 Å². The van der Waals surface area contributed by atoms with Crippen molar-refractivity contribution in [3.05, 3.63) is 47.3 Å². The number of methoxy groups -OCH3 is 2. The van der Waals surface area contributed by atoms with Crippen LogP contribution >= 0.6 is 23.5 Å². The molecule has 1 saturated heterocycles. The number of aliphatic carboxylic acids is 1. The van der Waals surface area contributed by atoms with Crippen LogP contribution in [0.1, 0.15) is 123 Å². The Labute approximate surface area is 396 Å². The lowest BCUT2D eigenvalue weighted by molar-refractivity contribution is -0.136. The van der Waals surface area contributed by atoms with Crippen LogP contribution in [0.5, 0.6) is 0 Å². The van der Waals surface area contributed by atoms with Crippen LogP contribution < -0.4 is 0 Å². The Morgan fingerprint density at radius 3 is 1.78 bits per heavy atom. The molecule has 0 aromatic carbocycles. The van der Waals surface area contributed by atoms with Gasteiger partial charge in [-0.15, -0.1) is 23.5 Å². The van der Waals surface area contributed by atoms with Crippen molar-refractivity contribution < 1.29 is 43.5 Å². The van der Waals surface area contributed by atoms with Gasteiger partial charge in [0.2, 0.25) is 5.76 Å². The van der Waals surface area contributed by atoms with E-state index in [0.29, 0.717) is 17.9 Å². The number of allylic oxidation sites excluding steroid dienone is 5. The van der Waals surface area contributed by atoms with E-state index in [1.54, 1.807) is 14.0 Å². The third kappa shape index (κ3) is 17.6. The zero-order valence-corrected chi connectivity index (χ0v) is 47.1. The zero-order valence-electron chi connectivity index (χ0n) is 43.5. The average molecular weight is 960 g/mol. The molecule has 368 valence electrons. The van der Waals surface area contributed by atoms with Crippen molar-refractivity contribution in [3.63, 3.8) is 0 Å². The largest absolute Gasteiger partial charge is 0.490 e. The second-order valence-corrected chi connectivity index (χ2v) is 34.7. The summed E-state index contributed by atoms with van der Waals surface area (Å²) in [6, 6.07) is 0. The quantitative estimate of drug-likeness (QED) is 0.0301. The lowest BCUT2D eigenvalue weighted by Crippen LogP contribution is -2.54. The second kappa shape index (κ2) is 25.5. The molecule has 0 unspecified atom stereocenters. The number of aliphatic hydroxyl groups is 3. The van der Waals surface area contributed by atoms with Crippen LogP contribution in [-0.2, 0) is 23.1 Å². The lowest BCUT2D eigenvalue weighted by Gasteiger charge is -2.51. The first-order valence-corrected chi connectivity index (χ1v) is 31.2. The van der Waals surface area contributed by atoms with E-state index < -0.39 is 52.9 Å². The number of rotatable bonds is 25. The van der Waals surface area contributed by atoms with E-state index in [-0.39, 0.29) is 55.8 Å². The summed E-state index contributed by atoms with van der Waals surface area (Å²) in [5, 5.41) is 44.6. The monoisotopic (exact) mass is 959 g/mol. The van der Waals surface area contributed by atoms with Crippen molar-refractivity contribution in [2.45, 2.75) is 200 Å². The molecule has 0 aliphatic carbocycles. The fourth-order valence-corrected chi connectivity index (χ4v) is 14.6. The van der Waals surface area contributed by atoms with Crippen molar-refractivity contribution >= 4 is 46.1 Å². The molecule has 0 amide bonds. The van der Waals surface area contributed by atoms with Crippen molar-refractivity contribution in [3.8, 4) is 0 Å². The number of hydrogen-bond donors (Lipinski definition) is 4. The number of carboxylic acid groups (broad SMARTS) is 1. The summed E-state index contributed by atoms with van der Waals surface area (Å²) < 4.78 is 25.2. The molecule has 1 heterocycles. The molecule has 1 fully saturated rings. The van der Waals surface area contributed by atoms with Crippen LogP contribution in [0.25, 0.3) is 0 Å². The van der Waals surface area contributed by atoms with Gasteiger partial charge in [-0.2, -0.15) is 0 Å². The SMILES string of the molecule is CO/C(=C\C(C)=C\[C@@H](C)[C@@H](O)[C@@H](C)C/C(C)=C/C=C/[C@H](OC)[C@H](O)[C@@H](C)[C@@H](O)[C@H](C)C1(C[C@@H](O[Si](C)(C)C(C)(C)C)[C@H](C)[C@H](O[Si](C)(C)C(C)(C)C)C(C)C)SCCCS1)C(=O)O. The maximum atomic E-state index is 12.3. The molecule has 1 aliphatic rings. The molecule has 0 saturated carbocycles. The third-order valence-corrected chi connectivity index (χ3v) is 27.1. The Hall–Kier alpha value is -0.876. The highest BCUT2D eigenvalue weighted by Gasteiger charge is 2.51. The summed E-state index contributed by atoms with van der Waals surface area (Å²) in [7, 11) is -1.43. The minimum absolute atomic E-state index is 0.0204. The van der Waals surface area contributed by atoms with Gasteiger partial charge >= 0.3 is 5.97 Å². The van der Waals surface area contributed by atoms with Gasteiger partial charge in [-0.1, -0.05) is 125 Å². The third-order valence-electron chi connectivity index (χ3n) is 14.4. The highest BCUT2D eigenvalue weighted by atomic mass is 32.2. The van der Waals surface area contributed by atoms with Gasteiger partial charge in [0.15, 0.2) is 16.6 Å².